The number of urea groups is 1. The van der Waals surface area contributed by atoms with Gasteiger partial charge in [0.25, 0.3) is 0 Å². The van der Waals surface area contributed by atoms with Crippen LogP contribution in [0.4, 0.5) is 10.5 Å². The lowest BCUT2D eigenvalue weighted by molar-refractivity contribution is -0.140. The number of rotatable bonds is 1. The van der Waals surface area contributed by atoms with E-state index in [1.807, 2.05) is 6.07 Å². The first-order chi connectivity index (χ1) is 9.28. The number of nitrogens with zero attached hydrogens (tertiary/aromatic N) is 2. The Kier molecular flexibility index (Phi) is 3.36. The summed E-state index contributed by atoms with van der Waals surface area (Å²) in [6, 6.07) is 5.67. The molecule has 1 aliphatic rings. The zero-order valence-corrected chi connectivity index (χ0v) is 12.3. The molecule has 1 aromatic rings. The lowest BCUT2D eigenvalue weighted by Crippen LogP contribution is -2.62. The maximum Gasteiger partial charge on any atom is 0.335 e. The summed E-state index contributed by atoms with van der Waals surface area (Å²) in [5.74, 6) is -1.32. The number of nitriles is 1. The summed E-state index contributed by atoms with van der Waals surface area (Å²) < 4.78 is 0.613. The van der Waals surface area contributed by atoms with Gasteiger partial charge in [-0.1, -0.05) is 15.9 Å². The van der Waals surface area contributed by atoms with Crippen LogP contribution in [0.15, 0.2) is 22.7 Å². The molecule has 20 heavy (non-hydrogen) atoms. The minimum absolute atomic E-state index is 0.143. The van der Waals surface area contributed by atoms with E-state index in [0.29, 0.717) is 4.47 Å². The first kappa shape index (κ1) is 14.2. The van der Waals surface area contributed by atoms with Gasteiger partial charge in [0.1, 0.15) is 11.5 Å². The minimum atomic E-state index is -1.37. The molecule has 1 saturated heterocycles. The van der Waals surface area contributed by atoms with E-state index in [1.165, 1.54) is 26.0 Å². The summed E-state index contributed by atoms with van der Waals surface area (Å²) in [6.45, 7) is 2.85. The molecule has 1 fully saturated rings. The third-order valence-electron chi connectivity index (χ3n) is 3.05. The Morgan fingerprint density at radius 1 is 1.30 bits per heavy atom. The molecule has 4 amide bonds. The molecule has 0 bridgehead atoms. The Bertz CT molecular complexity index is 676. The molecule has 2 rings (SSSR count). The van der Waals surface area contributed by atoms with Crippen LogP contribution in [0.25, 0.3) is 0 Å². The fourth-order valence-corrected chi connectivity index (χ4v) is 2.13. The molecule has 1 heterocycles. The number of imide groups is 2. The van der Waals surface area contributed by atoms with Crippen LogP contribution >= 0.6 is 15.9 Å². The lowest BCUT2D eigenvalue weighted by Gasteiger charge is -2.34. The van der Waals surface area contributed by atoms with E-state index in [-0.39, 0.29) is 11.3 Å². The number of carbonyl (C=O) groups excluding carboxylic acids is 3. The second kappa shape index (κ2) is 4.72. The van der Waals surface area contributed by atoms with E-state index in [1.54, 1.807) is 6.07 Å². The van der Waals surface area contributed by atoms with Crippen LogP contribution in [0, 0.1) is 16.7 Å². The highest BCUT2D eigenvalue weighted by Gasteiger charge is 2.48. The summed E-state index contributed by atoms with van der Waals surface area (Å²) in [5, 5.41) is 11.2. The molecule has 0 unspecified atom stereocenters. The predicted molar refractivity (Wildman–Crippen MR) is 73.7 cm³/mol. The smallest absolute Gasteiger partial charge is 0.276 e. The molecule has 0 saturated carbocycles. The van der Waals surface area contributed by atoms with Crippen LogP contribution in [-0.2, 0) is 9.59 Å². The van der Waals surface area contributed by atoms with Gasteiger partial charge in [0.2, 0.25) is 11.8 Å². The minimum Gasteiger partial charge on any atom is -0.276 e. The maximum atomic E-state index is 12.4. The van der Waals surface area contributed by atoms with E-state index in [0.717, 1.165) is 4.90 Å². The number of nitrogens with one attached hydrogen (secondary N) is 1. The normalized spacial score (nSPS) is 17.7. The number of hydrogen-bond donors (Lipinski definition) is 1. The molecule has 6 nitrogen and oxygen atoms in total. The van der Waals surface area contributed by atoms with Gasteiger partial charge in [-0.25, -0.2) is 9.69 Å². The molecule has 0 aromatic heterocycles. The lowest BCUT2D eigenvalue weighted by atomic mass is 9.88. The standard InChI is InChI=1S/C13H10BrN3O3/c1-13(2)10(18)16-12(20)17(11(13)19)9-5-8(14)4-3-7(9)6-15/h3-5H,1-2H3,(H,16,18,20). The Labute approximate surface area is 123 Å². The van der Waals surface area contributed by atoms with Crippen molar-refractivity contribution in [2.45, 2.75) is 13.8 Å². The van der Waals surface area contributed by atoms with Crippen molar-refractivity contribution in [2.24, 2.45) is 5.41 Å². The van der Waals surface area contributed by atoms with Gasteiger partial charge in [0, 0.05) is 4.47 Å². The predicted octanol–water partition coefficient (Wildman–Crippen LogP) is 1.93. The average molecular weight is 336 g/mol. The number of carbonyl (C=O) groups is 3. The van der Waals surface area contributed by atoms with Crippen molar-refractivity contribution in [1.29, 1.82) is 5.26 Å². The van der Waals surface area contributed by atoms with Gasteiger partial charge in [0.15, 0.2) is 0 Å². The first-order valence-corrected chi connectivity index (χ1v) is 6.48. The number of anilines is 1. The quantitative estimate of drug-likeness (QED) is 0.794. The zero-order chi connectivity index (χ0) is 15.1. The van der Waals surface area contributed by atoms with Crippen molar-refractivity contribution in [3.8, 4) is 6.07 Å². The second-order valence-electron chi connectivity index (χ2n) is 4.80. The summed E-state index contributed by atoms with van der Waals surface area (Å²) in [6.07, 6.45) is 0. The number of barbiturate groups is 1. The summed E-state index contributed by atoms with van der Waals surface area (Å²) >= 11 is 3.23. The SMILES string of the molecule is CC1(C)C(=O)NC(=O)N(c2cc(Br)ccc2C#N)C1=O. The molecule has 1 N–H and O–H groups in total. The average Bonchev–Trinajstić information content (AvgIpc) is 2.37. The first-order valence-electron chi connectivity index (χ1n) is 5.68. The Morgan fingerprint density at radius 2 is 1.95 bits per heavy atom. The molecule has 7 heteroatoms. The van der Waals surface area contributed by atoms with Crippen LogP contribution in [0.5, 0.6) is 0 Å². The van der Waals surface area contributed by atoms with Crippen LogP contribution in [0.2, 0.25) is 0 Å². The molecule has 0 aliphatic carbocycles. The Morgan fingerprint density at radius 3 is 2.55 bits per heavy atom. The second-order valence-corrected chi connectivity index (χ2v) is 5.71. The topological polar surface area (TPSA) is 90.3 Å². The van der Waals surface area contributed by atoms with Crippen LogP contribution in [0.3, 0.4) is 0 Å². The molecular weight excluding hydrogens is 326 g/mol. The highest BCUT2D eigenvalue weighted by molar-refractivity contribution is 9.10. The summed E-state index contributed by atoms with van der Waals surface area (Å²) in [5.41, 5.74) is -1.06. The van der Waals surface area contributed by atoms with Gasteiger partial charge < -0.3 is 0 Å². The number of amides is 4. The van der Waals surface area contributed by atoms with Crippen molar-refractivity contribution in [1.82, 2.24) is 5.32 Å². The van der Waals surface area contributed by atoms with Crippen molar-refractivity contribution < 1.29 is 14.4 Å². The van der Waals surface area contributed by atoms with Gasteiger partial charge in [-0.15, -0.1) is 0 Å². The number of halogens is 1. The van der Waals surface area contributed by atoms with Crippen LogP contribution in [0.1, 0.15) is 19.4 Å². The summed E-state index contributed by atoms with van der Waals surface area (Å²) in [4.78, 5) is 36.8. The van der Waals surface area contributed by atoms with E-state index in [4.69, 9.17) is 5.26 Å². The summed E-state index contributed by atoms with van der Waals surface area (Å²) in [7, 11) is 0. The van der Waals surface area contributed by atoms with Crippen molar-refractivity contribution in [2.75, 3.05) is 4.90 Å². The van der Waals surface area contributed by atoms with Gasteiger partial charge in [0.05, 0.1) is 11.3 Å². The van der Waals surface area contributed by atoms with Crippen molar-refractivity contribution >= 4 is 39.5 Å². The third-order valence-corrected chi connectivity index (χ3v) is 3.54. The monoisotopic (exact) mass is 335 g/mol. The van der Waals surface area contributed by atoms with E-state index < -0.39 is 23.3 Å². The number of benzene rings is 1. The van der Waals surface area contributed by atoms with Gasteiger partial charge in [-0.2, -0.15) is 5.26 Å². The fourth-order valence-electron chi connectivity index (χ4n) is 1.78. The van der Waals surface area contributed by atoms with Crippen molar-refractivity contribution in [3.63, 3.8) is 0 Å². The molecule has 0 atom stereocenters. The molecule has 0 radical (unpaired) electrons. The molecule has 0 spiro atoms. The fraction of sp³-hybridized carbons (Fsp3) is 0.231. The van der Waals surface area contributed by atoms with Crippen LogP contribution < -0.4 is 10.2 Å². The van der Waals surface area contributed by atoms with Crippen LogP contribution in [-0.4, -0.2) is 17.8 Å². The van der Waals surface area contributed by atoms with Gasteiger partial charge in [-0.05, 0) is 32.0 Å². The van der Waals surface area contributed by atoms with E-state index in [9.17, 15) is 14.4 Å². The third kappa shape index (κ3) is 2.08. The molecular formula is C13H10BrN3O3. The zero-order valence-electron chi connectivity index (χ0n) is 10.7. The highest BCUT2D eigenvalue weighted by atomic mass is 79.9. The Hall–Kier alpha value is -2.20. The van der Waals surface area contributed by atoms with Gasteiger partial charge >= 0.3 is 6.03 Å². The maximum absolute atomic E-state index is 12.4. The molecule has 102 valence electrons. The highest BCUT2D eigenvalue weighted by Crippen LogP contribution is 2.31. The van der Waals surface area contributed by atoms with E-state index in [2.05, 4.69) is 21.2 Å². The largest absolute Gasteiger partial charge is 0.335 e. The van der Waals surface area contributed by atoms with Gasteiger partial charge in [-0.3, -0.25) is 14.9 Å². The van der Waals surface area contributed by atoms with E-state index >= 15 is 0 Å². The Balaban J connectivity index is 2.60. The molecule has 1 aromatic carbocycles. The molecule has 1 aliphatic heterocycles. The van der Waals surface area contributed by atoms with Crippen molar-refractivity contribution in [3.05, 3.63) is 28.2 Å². The number of hydrogen-bond acceptors (Lipinski definition) is 4.